The van der Waals surface area contributed by atoms with Gasteiger partial charge < -0.3 is 5.73 Å². The van der Waals surface area contributed by atoms with Gasteiger partial charge in [-0.15, -0.1) is 0 Å². The van der Waals surface area contributed by atoms with Crippen LogP contribution in [0, 0.1) is 12.8 Å². The Hall–Kier alpha value is -1.60. The molecular formula is C18H23N. The molecule has 1 unspecified atom stereocenters. The summed E-state index contributed by atoms with van der Waals surface area (Å²) in [6, 6.07) is 17.4. The van der Waals surface area contributed by atoms with Gasteiger partial charge >= 0.3 is 0 Å². The molecule has 0 bridgehead atoms. The molecule has 2 aromatic carbocycles. The first kappa shape index (κ1) is 13.8. The molecule has 0 heterocycles. The first-order valence-electron chi connectivity index (χ1n) is 6.99. The summed E-state index contributed by atoms with van der Waals surface area (Å²) in [5.41, 5.74) is 11.1. The summed E-state index contributed by atoms with van der Waals surface area (Å²) in [6.07, 6.45) is 0. The Morgan fingerprint density at radius 3 is 2.11 bits per heavy atom. The van der Waals surface area contributed by atoms with Crippen LogP contribution in [0.15, 0.2) is 48.5 Å². The van der Waals surface area contributed by atoms with Crippen molar-refractivity contribution in [3.63, 3.8) is 0 Å². The largest absolute Gasteiger partial charge is 0.330 e. The van der Waals surface area contributed by atoms with Gasteiger partial charge in [-0.3, -0.25) is 0 Å². The maximum atomic E-state index is 5.88. The van der Waals surface area contributed by atoms with Crippen molar-refractivity contribution in [1.29, 1.82) is 0 Å². The van der Waals surface area contributed by atoms with Crippen LogP contribution in [-0.2, 0) is 0 Å². The van der Waals surface area contributed by atoms with Crippen molar-refractivity contribution in [1.82, 2.24) is 0 Å². The van der Waals surface area contributed by atoms with Crippen molar-refractivity contribution in [2.24, 2.45) is 11.7 Å². The first-order valence-corrected chi connectivity index (χ1v) is 6.99. The lowest BCUT2D eigenvalue weighted by Gasteiger charge is -2.19. The van der Waals surface area contributed by atoms with Crippen LogP contribution >= 0.6 is 0 Å². The SMILES string of the molecule is Cc1ccccc1-c1ccc(C(CN)C(C)C)cc1. The van der Waals surface area contributed by atoms with Gasteiger partial charge in [-0.05, 0) is 47.6 Å². The highest BCUT2D eigenvalue weighted by molar-refractivity contribution is 5.67. The average molecular weight is 253 g/mol. The second-order valence-electron chi connectivity index (χ2n) is 5.52. The molecule has 1 nitrogen and oxygen atoms in total. The summed E-state index contributed by atoms with van der Waals surface area (Å²) in [5, 5.41) is 0. The molecule has 0 spiro atoms. The zero-order chi connectivity index (χ0) is 13.8. The molecule has 1 heteroatoms. The number of nitrogens with two attached hydrogens (primary N) is 1. The van der Waals surface area contributed by atoms with Crippen molar-refractivity contribution in [3.8, 4) is 11.1 Å². The Balaban J connectivity index is 2.31. The molecule has 0 saturated carbocycles. The Morgan fingerprint density at radius 2 is 1.58 bits per heavy atom. The highest BCUT2D eigenvalue weighted by atomic mass is 14.6. The lowest BCUT2D eigenvalue weighted by molar-refractivity contribution is 0.506. The van der Waals surface area contributed by atoms with E-state index in [0.29, 0.717) is 18.4 Å². The smallest absolute Gasteiger partial charge is 0.000577 e. The van der Waals surface area contributed by atoms with E-state index in [1.54, 1.807) is 0 Å². The van der Waals surface area contributed by atoms with E-state index in [-0.39, 0.29) is 0 Å². The minimum Gasteiger partial charge on any atom is -0.330 e. The summed E-state index contributed by atoms with van der Waals surface area (Å²) in [6.45, 7) is 7.32. The van der Waals surface area contributed by atoms with Crippen LogP contribution in [0.5, 0.6) is 0 Å². The van der Waals surface area contributed by atoms with Gasteiger partial charge in [-0.1, -0.05) is 62.4 Å². The third-order valence-electron chi connectivity index (χ3n) is 3.85. The Kier molecular flexibility index (Phi) is 4.39. The average Bonchev–Trinajstić information content (AvgIpc) is 2.41. The normalized spacial score (nSPS) is 12.7. The molecule has 0 aliphatic carbocycles. The van der Waals surface area contributed by atoms with E-state index in [1.165, 1.54) is 22.3 Å². The lowest BCUT2D eigenvalue weighted by atomic mass is 9.87. The molecule has 0 fully saturated rings. The minimum atomic E-state index is 0.450. The fourth-order valence-corrected chi connectivity index (χ4v) is 2.60. The predicted molar refractivity (Wildman–Crippen MR) is 83.2 cm³/mol. The molecule has 100 valence electrons. The molecule has 19 heavy (non-hydrogen) atoms. The van der Waals surface area contributed by atoms with Crippen LogP contribution in [0.1, 0.15) is 30.9 Å². The Labute approximate surface area is 116 Å². The zero-order valence-corrected chi connectivity index (χ0v) is 12.1. The highest BCUT2D eigenvalue weighted by Crippen LogP contribution is 2.27. The van der Waals surface area contributed by atoms with Crippen LogP contribution in [0.2, 0.25) is 0 Å². The van der Waals surface area contributed by atoms with E-state index in [9.17, 15) is 0 Å². The molecule has 2 aromatic rings. The van der Waals surface area contributed by atoms with Crippen LogP contribution in [0.3, 0.4) is 0 Å². The molecule has 0 amide bonds. The second-order valence-corrected chi connectivity index (χ2v) is 5.52. The van der Waals surface area contributed by atoms with Crippen molar-refractivity contribution in [2.45, 2.75) is 26.7 Å². The zero-order valence-electron chi connectivity index (χ0n) is 12.1. The van der Waals surface area contributed by atoms with Gasteiger partial charge in [0.1, 0.15) is 0 Å². The molecule has 2 rings (SSSR count). The topological polar surface area (TPSA) is 26.0 Å². The van der Waals surface area contributed by atoms with Gasteiger partial charge in [0.05, 0.1) is 0 Å². The highest BCUT2D eigenvalue weighted by Gasteiger charge is 2.13. The summed E-state index contributed by atoms with van der Waals surface area (Å²) < 4.78 is 0. The predicted octanol–water partition coefficient (Wildman–Crippen LogP) is 4.36. The van der Waals surface area contributed by atoms with Gasteiger partial charge in [-0.2, -0.15) is 0 Å². The standard InChI is InChI=1S/C18H23N/c1-13(2)18(12-19)16-10-8-15(9-11-16)17-7-5-4-6-14(17)3/h4-11,13,18H,12,19H2,1-3H3. The summed E-state index contributed by atoms with van der Waals surface area (Å²) in [5.74, 6) is 1.03. The summed E-state index contributed by atoms with van der Waals surface area (Å²) >= 11 is 0. The molecular weight excluding hydrogens is 230 g/mol. The lowest BCUT2D eigenvalue weighted by Crippen LogP contribution is -2.17. The van der Waals surface area contributed by atoms with Crippen molar-refractivity contribution < 1.29 is 0 Å². The van der Waals surface area contributed by atoms with Crippen LogP contribution in [-0.4, -0.2) is 6.54 Å². The maximum absolute atomic E-state index is 5.88. The fourth-order valence-electron chi connectivity index (χ4n) is 2.60. The monoisotopic (exact) mass is 253 g/mol. The minimum absolute atomic E-state index is 0.450. The number of aryl methyl sites for hydroxylation is 1. The third-order valence-corrected chi connectivity index (χ3v) is 3.85. The molecule has 0 radical (unpaired) electrons. The van der Waals surface area contributed by atoms with Gasteiger partial charge in [0.25, 0.3) is 0 Å². The molecule has 0 aromatic heterocycles. The van der Waals surface area contributed by atoms with Gasteiger partial charge in [-0.25, -0.2) is 0 Å². The van der Waals surface area contributed by atoms with Crippen LogP contribution < -0.4 is 5.73 Å². The van der Waals surface area contributed by atoms with Crippen molar-refractivity contribution in [2.75, 3.05) is 6.54 Å². The molecule has 0 aliphatic rings. The molecule has 2 N–H and O–H groups in total. The van der Waals surface area contributed by atoms with Gasteiger partial charge in [0.15, 0.2) is 0 Å². The van der Waals surface area contributed by atoms with Crippen molar-refractivity contribution >= 4 is 0 Å². The van der Waals surface area contributed by atoms with E-state index in [1.807, 2.05) is 0 Å². The Bertz CT molecular complexity index is 526. The number of benzene rings is 2. The first-order chi connectivity index (χ1) is 9.13. The third kappa shape index (κ3) is 3.05. The second kappa shape index (κ2) is 6.03. The van der Waals surface area contributed by atoms with Gasteiger partial charge in [0, 0.05) is 0 Å². The van der Waals surface area contributed by atoms with Crippen LogP contribution in [0.25, 0.3) is 11.1 Å². The molecule has 1 atom stereocenters. The molecule has 0 saturated heterocycles. The van der Waals surface area contributed by atoms with E-state index in [0.717, 1.165) is 0 Å². The van der Waals surface area contributed by atoms with E-state index in [2.05, 4.69) is 69.3 Å². The summed E-state index contributed by atoms with van der Waals surface area (Å²) in [7, 11) is 0. The number of hydrogen-bond acceptors (Lipinski definition) is 1. The van der Waals surface area contributed by atoms with Crippen molar-refractivity contribution in [3.05, 3.63) is 59.7 Å². The van der Waals surface area contributed by atoms with Crippen LogP contribution in [0.4, 0.5) is 0 Å². The summed E-state index contributed by atoms with van der Waals surface area (Å²) in [4.78, 5) is 0. The van der Waals surface area contributed by atoms with E-state index >= 15 is 0 Å². The van der Waals surface area contributed by atoms with E-state index < -0.39 is 0 Å². The van der Waals surface area contributed by atoms with Gasteiger partial charge in [0.2, 0.25) is 0 Å². The van der Waals surface area contributed by atoms with E-state index in [4.69, 9.17) is 5.73 Å². The Morgan fingerprint density at radius 1 is 0.947 bits per heavy atom. The quantitative estimate of drug-likeness (QED) is 0.860. The number of rotatable bonds is 4. The molecule has 0 aliphatic heterocycles. The maximum Gasteiger partial charge on any atom is -0.000577 e. The fraction of sp³-hybridized carbons (Fsp3) is 0.333. The number of hydrogen-bond donors (Lipinski definition) is 1.